The van der Waals surface area contributed by atoms with Gasteiger partial charge in [-0.1, -0.05) is 331 Å². The third-order valence-corrected chi connectivity index (χ3v) is 19.3. The lowest BCUT2D eigenvalue weighted by Crippen LogP contribution is -2.30. The summed E-state index contributed by atoms with van der Waals surface area (Å²) in [6.45, 7) is 11.9. The highest BCUT2D eigenvalue weighted by Gasteiger charge is 2.30. The molecule has 0 aliphatic carbocycles. The van der Waals surface area contributed by atoms with Crippen molar-refractivity contribution in [3.05, 3.63) is 0 Å². The van der Waals surface area contributed by atoms with Gasteiger partial charge in [0, 0.05) is 25.7 Å². The quantitative estimate of drug-likeness (QED) is 0.0222. The second kappa shape index (κ2) is 65.7. The van der Waals surface area contributed by atoms with Gasteiger partial charge in [-0.15, -0.1) is 0 Å². The zero-order chi connectivity index (χ0) is 69.4. The summed E-state index contributed by atoms with van der Waals surface area (Å²) < 4.78 is 68.5. The number of hydrogen-bond donors (Lipinski definition) is 3. The maximum atomic E-state index is 13.1. The minimum absolute atomic E-state index is 0.107. The van der Waals surface area contributed by atoms with E-state index in [1.54, 1.807) is 0 Å². The monoisotopic (exact) mass is 1380 g/mol. The zero-order valence-corrected chi connectivity index (χ0v) is 63.2. The molecule has 2 unspecified atom stereocenters. The highest BCUT2D eigenvalue weighted by Crippen LogP contribution is 2.45. The molecule has 0 rings (SSSR count). The predicted molar refractivity (Wildman–Crippen MR) is 381 cm³/mol. The molecule has 0 aliphatic rings. The summed E-state index contributed by atoms with van der Waals surface area (Å²) in [4.78, 5) is 72.8. The number of rotatable bonds is 73. The van der Waals surface area contributed by atoms with Crippen LogP contribution in [-0.2, 0) is 65.4 Å². The Morgan fingerprint density at radius 3 is 0.723 bits per heavy atom. The molecule has 0 spiro atoms. The van der Waals surface area contributed by atoms with Crippen molar-refractivity contribution in [2.45, 2.75) is 401 Å². The van der Waals surface area contributed by atoms with Gasteiger partial charge in [-0.25, -0.2) is 9.13 Å². The predicted octanol–water partition coefficient (Wildman–Crippen LogP) is 21.8. The van der Waals surface area contributed by atoms with Crippen LogP contribution in [0.15, 0.2) is 0 Å². The summed E-state index contributed by atoms with van der Waals surface area (Å²) in [6, 6.07) is 0. The molecular formula is C75H146O17P2. The van der Waals surface area contributed by atoms with Crippen LogP contribution in [0.25, 0.3) is 0 Å². The fourth-order valence-electron chi connectivity index (χ4n) is 11.4. The first kappa shape index (κ1) is 92.1. The average Bonchev–Trinajstić information content (AvgIpc) is 1.62. The van der Waals surface area contributed by atoms with Crippen molar-refractivity contribution in [2.75, 3.05) is 39.6 Å². The number of carbonyl (C=O) groups is 4. The number of esters is 4. The van der Waals surface area contributed by atoms with Crippen molar-refractivity contribution in [1.29, 1.82) is 0 Å². The molecule has 94 heavy (non-hydrogen) atoms. The Bertz CT molecular complexity index is 1840. The van der Waals surface area contributed by atoms with E-state index in [9.17, 15) is 43.2 Å². The lowest BCUT2D eigenvalue weighted by atomic mass is 10.0. The highest BCUT2D eigenvalue weighted by molar-refractivity contribution is 7.47. The van der Waals surface area contributed by atoms with Gasteiger partial charge in [-0.3, -0.25) is 37.3 Å². The van der Waals surface area contributed by atoms with E-state index in [1.165, 1.54) is 186 Å². The molecule has 0 aromatic heterocycles. The molecule has 3 N–H and O–H groups in total. The van der Waals surface area contributed by atoms with E-state index in [2.05, 4.69) is 48.5 Å². The van der Waals surface area contributed by atoms with Gasteiger partial charge in [0.25, 0.3) is 0 Å². The molecule has 0 saturated heterocycles. The Morgan fingerprint density at radius 1 is 0.287 bits per heavy atom. The maximum Gasteiger partial charge on any atom is 0.472 e. The summed E-state index contributed by atoms with van der Waals surface area (Å²) >= 11 is 0. The molecule has 0 amide bonds. The summed E-state index contributed by atoms with van der Waals surface area (Å²) in [5, 5.41) is 10.6. The van der Waals surface area contributed by atoms with Crippen molar-refractivity contribution in [1.82, 2.24) is 0 Å². The first-order chi connectivity index (χ1) is 45.2. The van der Waals surface area contributed by atoms with E-state index in [0.29, 0.717) is 31.6 Å². The molecule has 0 fully saturated rings. The van der Waals surface area contributed by atoms with Crippen LogP contribution in [0.5, 0.6) is 0 Å². The molecule has 0 aromatic carbocycles. The van der Waals surface area contributed by atoms with Crippen LogP contribution in [0, 0.1) is 17.8 Å². The summed E-state index contributed by atoms with van der Waals surface area (Å²) in [6.07, 6.45) is 51.3. The average molecular weight is 1380 g/mol. The van der Waals surface area contributed by atoms with Crippen LogP contribution >= 0.6 is 15.6 Å². The Hall–Kier alpha value is -1.94. The lowest BCUT2D eigenvalue weighted by molar-refractivity contribution is -0.161. The minimum atomic E-state index is -4.96. The van der Waals surface area contributed by atoms with Crippen molar-refractivity contribution < 1.29 is 80.2 Å². The van der Waals surface area contributed by atoms with Gasteiger partial charge >= 0.3 is 39.5 Å². The number of hydrogen-bond acceptors (Lipinski definition) is 15. The molecule has 0 bridgehead atoms. The van der Waals surface area contributed by atoms with Crippen molar-refractivity contribution >= 4 is 39.5 Å². The fraction of sp³-hybridized carbons (Fsp3) is 0.947. The van der Waals surface area contributed by atoms with E-state index >= 15 is 0 Å². The Labute approximate surface area is 575 Å². The normalized spacial score (nSPS) is 14.1. The van der Waals surface area contributed by atoms with Gasteiger partial charge in [-0.05, 0) is 43.4 Å². The largest absolute Gasteiger partial charge is 0.472 e. The van der Waals surface area contributed by atoms with E-state index in [4.69, 9.17) is 37.0 Å². The number of aliphatic hydroxyl groups excluding tert-OH is 1. The standard InChI is InChI=1S/C75H146O17P2/c1-8-9-10-11-12-13-14-18-22-29-36-44-51-58-74(79)92-71(63-86-73(78)57-50-43-38-31-34-41-48-55-68(6)7)65-90-94(83,84)88-61-69(76)60-87-93(81,82)89-64-70(62-85-72(77)56-49-42-35-28-25-24-27-33-40-47-54-67(4)5)91-75(80)59-52-45-37-30-23-20-17-15-16-19-21-26-32-39-46-53-66(2)3/h66-71,76H,8-65H2,1-7H3,(H,81,82)(H,83,84)/t69-,70-,71-/m1/s1. The summed E-state index contributed by atoms with van der Waals surface area (Å²) in [5.74, 6) is 0.148. The van der Waals surface area contributed by atoms with Crippen molar-refractivity contribution in [3.8, 4) is 0 Å². The Kier molecular flexibility index (Phi) is 64.3. The van der Waals surface area contributed by atoms with Crippen molar-refractivity contribution in [2.24, 2.45) is 17.8 Å². The van der Waals surface area contributed by atoms with E-state index in [0.717, 1.165) is 108 Å². The second-order valence-corrected chi connectivity index (χ2v) is 31.4. The number of carbonyl (C=O) groups excluding carboxylic acids is 4. The third kappa shape index (κ3) is 68.6. The molecule has 5 atom stereocenters. The Balaban J connectivity index is 5.24. The Morgan fingerprint density at radius 2 is 0.489 bits per heavy atom. The van der Waals surface area contributed by atoms with Gasteiger partial charge in [0.1, 0.15) is 19.3 Å². The van der Waals surface area contributed by atoms with Gasteiger partial charge < -0.3 is 33.8 Å². The van der Waals surface area contributed by atoms with Gasteiger partial charge in [0.15, 0.2) is 12.2 Å². The molecule has 19 heteroatoms. The van der Waals surface area contributed by atoms with Crippen LogP contribution in [0.3, 0.4) is 0 Å². The van der Waals surface area contributed by atoms with Gasteiger partial charge in [0.2, 0.25) is 0 Å². The number of phosphoric ester groups is 2. The van der Waals surface area contributed by atoms with E-state index in [-0.39, 0.29) is 25.7 Å². The van der Waals surface area contributed by atoms with Crippen LogP contribution in [0.2, 0.25) is 0 Å². The molecule has 0 aliphatic heterocycles. The third-order valence-electron chi connectivity index (χ3n) is 17.4. The summed E-state index contributed by atoms with van der Waals surface area (Å²) in [5.41, 5.74) is 0. The van der Waals surface area contributed by atoms with Crippen molar-refractivity contribution in [3.63, 3.8) is 0 Å². The molecule has 0 aromatic rings. The molecule has 0 saturated carbocycles. The molecule has 0 radical (unpaired) electrons. The number of unbranched alkanes of at least 4 members (excludes halogenated alkanes) is 41. The van der Waals surface area contributed by atoms with Crippen LogP contribution in [0.4, 0.5) is 0 Å². The van der Waals surface area contributed by atoms with Crippen LogP contribution in [-0.4, -0.2) is 96.7 Å². The van der Waals surface area contributed by atoms with Gasteiger partial charge in [0.05, 0.1) is 26.4 Å². The minimum Gasteiger partial charge on any atom is -0.462 e. The van der Waals surface area contributed by atoms with E-state index in [1.807, 2.05) is 0 Å². The molecule has 17 nitrogen and oxygen atoms in total. The summed E-state index contributed by atoms with van der Waals surface area (Å²) in [7, 11) is -9.91. The molecular weight excluding hydrogens is 1230 g/mol. The first-order valence-electron chi connectivity index (χ1n) is 38.8. The van der Waals surface area contributed by atoms with Crippen LogP contribution in [0.1, 0.15) is 382 Å². The zero-order valence-electron chi connectivity index (χ0n) is 61.4. The van der Waals surface area contributed by atoms with E-state index < -0.39 is 97.5 Å². The number of ether oxygens (including phenoxy) is 4. The number of phosphoric acid groups is 2. The first-order valence-corrected chi connectivity index (χ1v) is 41.8. The van der Waals surface area contributed by atoms with Gasteiger partial charge in [-0.2, -0.15) is 0 Å². The SMILES string of the molecule is CCCCCCCCCCCCCCCC(=O)O[C@H](COC(=O)CCCCCCCCCC(C)C)COP(=O)(O)OC[C@H](O)COP(=O)(O)OC[C@@H](COC(=O)CCCCCCCCCCCCC(C)C)OC(=O)CCCCCCCCCCCCCCCCCC(C)C. The lowest BCUT2D eigenvalue weighted by Gasteiger charge is -2.21. The van der Waals surface area contributed by atoms with Crippen LogP contribution < -0.4 is 0 Å². The topological polar surface area (TPSA) is 237 Å². The smallest absolute Gasteiger partial charge is 0.462 e. The second-order valence-electron chi connectivity index (χ2n) is 28.5. The molecule has 0 heterocycles. The number of aliphatic hydroxyl groups is 1. The molecule has 558 valence electrons. The highest BCUT2D eigenvalue weighted by atomic mass is 31.2. The fourth-order valence-corrected chi connectivity index (χ4v) is 13.0. The maximum absolute atomic E-state index is 13.1.